The molecule has 2 aromatic rings. The predicted molar refractivity (Wildman–Crippen MR) is 52.1 cm³/mol. The molecule has 2 rings (SSSR count). The summed E-state index contributed by atoms with van der Waals surface area (Å²) in [6, 6.07) is 10.5. The topological polar surface area (TPSA) is 17.8 Å². The molecule has 0 aliphatic heterocycles. The van der Waals surface area contributed by atoms with Crippen LogP contribution in [-0.2, 0) is 0 Å². The van der Waals surface area contributed by atoms with Gasteiger partial charge in [-0.2, -0.15) is 5.10 Å². The third-order valence-corrected chi connectivity index (χ3v) is 2.09. The van der Waals surface area contributed by atoms with E-state index in [4.69, 9.17) is 11.6 Å². The van der Waals surface area contributed by atoms with Crippen LogP contribution in [0.3, 0.4) is 0 Å². The van der Waals surface area contributed by atoms with Crippen molar-refractivity contribution >= 4 is 11.6 Å². The SMILES string of the molecule is Cc1[c]cnn1-c1ccc(Cl)cc1. The highest BCUT2D eigenvalue weighted by Gasteiger charge is 1.99. The first kappa shape index (κ1) is 8.32. The Hall–Kier alpha value is -1.28. The van der Waals surface area contributed by atoms with Crippen LogP contribution in [0.2, 0.25) is 5.02 Å². The molecule has 0 spiro atoms. The first-order valence-corrected chi connectivity index (χ1v) is 4.33. The molecule has 1 heterocycles. The lowest BCUT2D eigenvalue weighted by molar-refractivity contribution is 0.847. The molecule has 0 amide bonds. The molecule has 0 atom stereocenters. The number of aryl methyl sites for hydroxylation is 1. The van der Waals surface area contributed by atoms with Crippen molar-refractivity contribution < 1.29 is 0 Å². The number of hydrogen-bond donors (Lipinski definition) is 0. The van der Waals surface area contributed by atoms with Crippen molar-refractivity contribution in [2.75, 3.05) is 0 Å². The van der Waals surface area contributed by atoms with E-state index in [-0.39, 0.29) is 0 Å². The van der Waals surface area contributed by atoms with Crippen molar-refractivity contribution in [2.24, 2.45) is 0 Å². The fourth-order valence-electron chi connectivity index (χ4n) is 1.17. The van der Waals surface area contributed by atoms with Gasteiger partial charge in [0.2, 0.25) is 0 Å². The Kier molecular flexibility index (Phi) is 2.07. The van der Waals surface area contributed by atoms with Gasteiger partial charge in [0.15, 0.2) is 0 Å². The minimum absolute atomic E-state index is 0.734. The second-order valence-electron chi connectivity index (χ2n) is 2.76. The number of halogens is 1. The van der Waals surface area contributed by atoms with Crippen LogP contribution in [-0.4, -0.2) is 9.78 Å². The Bertz CT molecular complexity index is 403. The molecular formula is C10H8ClN2. The molecule has 1 aromatic carbocycles. The lowest BCUT2D eigenvalue weighted by Gasteiger charge is -2.02. The maximum Gasteiger partial charge on any atom is 0.0649 e. The average Bonchev–Trinajstić information content (AvgIpc) is 2.53. The molecule has 0 bridgehead atoms. The zero-order valence-corrected chi connectivity index (χ0v) is 7.92. The van der Waals surface area contributed by atoms with E-state index >= 15 is 0 Å². The number of rotatable bonds is 1. The first-order valence-electron chi connectivity index (χ1n) is 3.95. The molecule has 2 nitrogen and oxygen atoms in total. The molecule has 0 aliphatic rings. The predicted octanol–water partition coefficient (Wildman–Crippen LogP) is 2.63. The van der Waals surface area contributed by atoms with Crippen molar-refractivity contribution in [2.45, 2.75) is 6.92 Å². The highest BCUT2D eigenvalue weighted by Crippen LogP contribution is 2.13. The molecule has 3 heteroatoms. The van der Waals surface area contributed by atoms with E-state index in [1.165, 1.54) is 0 Å². The highest BCUT2D eigenvalue weighted by molar-refractivity contribution is 6.30. The van der Waals surface area contributed by atoms with Gasteiger partial charge >= 0.3 is 0 Å². The van der Waals surface area contributed by atoms with Crippen LogP contribution in [0.1, 0.15) is 5.69 Å². The van der Waals surface area contributed by atoms with Gasteiger partial charge in [-0.15, -0.1) is 0 Å². The van der Waals surface area contributed by atoms with Gasteiger partial charge < -0.3 is 0 Å². The summed E-state index contributed by atoms with van der Waals surface area (Å²) in [4.78, 5) is 0. The van der Waals surface area contributed by atoms with Crippen LogP contribution in [0.25, 0.3) is 5.69 Å². The minimum Gasteiger partial charge on any atom is -0.237 e. The van der Waals surface area contributed by atoms with Crippen molar-refractivity contribution in [3.63, 3.8) is 0 Å². The van der Waals surface area contributed by atoms with E-state index in [2.05, 4.69) is 11.2 Å². The lowest BCUT2D eigenvalue weighted by Crippen LogP contribution is -1.97. The Labute approximate surface area is 81.8 Å². The summed E-state index contributed by atoms with van der Waals surface area (Å²) in [5.74, 6) is 0. The molecule has 0 N–H and O–H groups in total. The zero-order chi connectivity index (χ0) is 9.26. The summed E-state index contributed by atoms with van der Waals surface area (Å²) in [5.41, 5.74) is 1.99. The highest BCUT2D eigenvalue weighted by atomic mass is 35.5. The minimum atomic E-state index is 0.734. The molecular weight excluding hydrogens is 184 g/mol. The number of aromatic nitrogens is 2. The van der Waals surface area contributed by atoms with E-state index in [0.717, 1.165) is 16.4 Å². The van der Waals surface area contributed by atoms with Crippen molar-refractivity contribution in [3.05, 3.63) is 47.2 Å². The second-order valence-corrected chi connectivity index (χ2v) is 3.20. The Morgan fingerprint density at radius 1 is 1.31 bits per heavy atom. The molecule has 1 radical (unpaired) electrons. The molecule has 0 fully saturated rings. The van der Waals surface area contributed by atoms with E-state index in [9.17, 15) is 0 Å². The molecule has 65 valence electrons. The smallest absolute Gasteiger partial charge is 0.0649 e. The molecule has 0 unspecified atom stereocenters. The second kappa shape index (κ2) is 3.23. The van der Waals surface area contributed by atoms with Crippen LogP contribution >= 0.6 is 11.6 Å². The fraction of sp³-hybridized carbons (Fsp3) is 0.100. The van der Waals surface area contributed by atoms with Gasteiger partial charge in [-0.3, -0.25) is 0 Å². The normalized spacial score (nSPS) is 10.3. The van der Waals surface area contributed by atoms with Crippen molar-refractivity contribution in [1.29, 1.82) is 0 Å². The monoisotopic (exact) mass is 191 g/mol. The molecule has 0 saturated carbocycles. The van der Waals surface area contributed by atoms with Gasteiger partial charge in [0.1, 0.15) is 0 Å². The summed E-state index contributed by atoms with van der Waals surface area (Å²) in [6.45, 7) is 1.96. The molecule has 0 saturated heterocycles. The summed E-state index contributed by atoms with van der Waals surface area (Å²) in [5, 5.41) is 4.87. The van der Waals surface area contributed by atoms with E-state index < -0.39 is 0 Å². The van der Waals surface area contributed by atoms with Crippen LogP contribution in [0, 0.1) is 13.0 Å². The third-order valence-electron chi connectivity index (χ3n) is 1.84. The maximum absolute atomic E-state index is 5.78. The van der Waals surface area contributed by atoms with Gasteiger partial charge in [-0.05, 0) is 31.2 Å². The largest absolute Gasteiger partial charge is 0.237 e. The Morgan fingerprint density at radius 2 is 2.00 bits per heavy atom. The van der Waals surface area contributed by atoms with Crippen LogP contribution in [0.5, 0.6) is 0 Å². The van der Waals surface area contributed by atoms with Crippen LogP contribution in [0.15, 0.2) is 30.5 Å². The van der Waals surface area contributed by atoms with Crippen molar-refractivity contribution in [1.82, 2.24) is 9.78 Å². The molecule has 13 heavy (non-hydrogen) atoms. The first-order chi connectivity index (χ1) is 6.27. The molecule has 0 aliphatic carbocycles. The lowest BCUT2D eigenvalue weighted by atomic mass is 10.3. The summed E-state index contributed by atoms with van der Waals surface area (Å²) < 4.78 is 1.82. The summed E-state index contributed by atoms with van der Waals surface area (Å²) >= 11 is 5.78. The standard InChI is InChI=1S/C10H8ClN2/c1-8-6-7-12-13(8)10-4-2-9(11)3-5-10/h2-5,7H,1H3. The number of hydrogen-bond acceptors (Lipinski definition) is 1. The number of nitrogens with zero attached hydrogens (tertiary/aromatic N) is 2. The third kappa shape index (κ3) is 1.58. The van der Waals surface area contributed by atoms with Gasteiger partial charge in [0.05, 0.1) is 11.9 Å². The zero-order valence-electron chi connectivity index (χ0n) is 7.16. The van der Waals surface area contributed by atoms with Crippen LogP contribution in [0.4, 0.5) is 0 Å². The summed E-state index contributed by atoms with van der Waals surface area (Å²) in [6.07, 6.45) is 1.66. The average molecular weight is 192 g/mol. The Morgan fingerprint density at radius 3 is 2.54 bits per heavy atom. The quantitative estimate of drug-likeness (QED) is 0.678. The van der Waals surface area contributed by atoms with Gasteiger partial charge in [-0.25, -0.2) is 4.68 Å². The van der Waals surface area contributed by atoms with E-state index in [1.807, 2.05) is 35.9 Å². The maximum atomic E-state index is 5.78. The van der Waals surface area contributed by atoms with Gasteiger partial charge in [0.25, 0.3) is 0 Å². The molecule has 1 aromatic heterocycles. The summed E-state index contributed by atoms with van der Waals surface area (Å²) in [7, 11) is 0. The fourth-order valence-corrected chi connectivity index (χ4v) is 1.30. The van der Waals surface area contributed by atoms with E-state index in [1.54, 1.807) is 6.20 Å². The number of benzene rings is 1. The van der Waals surface area contributed by atoms with E-state index in [0.29, 0.717) is 0 Å². The van der Waals surface area contributed by atoms with Gasteiger partial charge in [-0.1, -0.05) is 11.6 Å². The van der Waals surface area contributed by atoms with Gasteiger partial charge in [0, 0.05) is 16.8 Å². The Balaban J connectivity index is 2.47. The van der Waals surface area contributed by atoms with Crippen molar-refractivity contribution in [3.8, 4) is 5.69 Å². The van der Waals surface area contributed by atoms with Crippen LogP contribution < -0.4 is 0 Å².